The third-order valence-corrected chi connectivity index (χ3v) is 6.30. The number of halogens is 1. The lowest BCUT2D eigenvalue weighted by molar-refractivity contribution is -0.113. The second kappa shape index (κ2) is 9.16. The SMILES string of the molecule is CCCSc1nc2n(n1)C(c1ccc(Cl)cc1)C(C(=O)Nc1ccc(C)cc1)=C(C)N2. The van der Waals surface area contributed by atoms with Gasteiger partial charge in [0.2, 0.25) is 11.1 Å². The van der Waals surface area contributed by atoms with Gasteiger partial charge in [0.25, 0.3) is 5.91 Å². The molecule has 0 spiro atoms. The van der Waals surface area contributed by atoms with Crippen molar-refractivity contribution in [3.63, 3.8) is 0 Å². The maximum absolute atomic E-state index is 13.4. The number of thioether (sulfide) groups is 1. The summed E-state index contributed by atoms with van der Waals surface area (Å²) in [4.78, 5) is 18.0. The van der Waals surface area contributed by atoms with Crippen LogP contribution >= 0.6 is 23.4 Å². The molecule has 1 aliphatic heterocycles. The molecule has 0 fully saturated rings. The summed E-state index contributed by atoms with van der Waals surface area (Å²) in [5.41, 5.74) is 4.13. The van der Waals surface area contributed by atoms with Crippen molar-refractivity contribution in [1.29, 1.82) is 0 Å². The lowest BCUT2D eigenvalue weighted by Crippen LogP contribution is -2.31. The van der Waals surface area contributed by atoms with Crippen molar-refractivity contribution >= 4 is 40.9 Å². The van der Waals surface area contributed by atoms with Gasteiger partial charge in [0.1, 0.15) is 6.04 Å². The molecule has 8 heteroatoms. The Balaban J connectivity index is 1.74. The van der Waals surface area contributed by atoms with Gasteiger partial charge < -0.3 is 10.6 Å². The fourth-order valence-corrected chi connectivity index (χ4v) is 4.28. The summed E-state index contributed by atoms with van der Waals surface area (Å²) >= 11 is 7.72. The molecule has 0 radical (unpaired) electrons. The van der Waals surface area contributed by atoms with Crippen molar-refractivity contribution in [1.82, 2.24) is 14.8 Å². The van der Waals surface area contributed by atoms with Crippen molar-refractivity contribution in [2.24, 2.45) is 0 Å². The zero-order valence-corrected chi connectivity index (χ0v) is 19.2. The Labute approximate surface area is 191 Å². The molecule has 2 heterocycles. The highest BCUT2D eigenvalue weighted by Crippen LogP contribution is 2.37. The average Bonchev–Trinajstić information content (AvgIpc) is 3.15. The van der Waals surface area contributed by atoms with E-state index in [-0.39, 0.29) is 5.91 Å². The van der Waals surface area contributed by atoms with E-state index in [1.807, 2.05) is 62.4 Å². The Morgan fingerprint density at radius 2 is 1.87 bits per heavy atom. The van der Waals surface area contributed by atoms with Gasteiger partial charge in [-0.1, -0.05) is 60.1 Å². The molecule has 160 valence electrons. The summed E-state index contributed by atoms with van der Waals surface area (Å²) in [7, 11) is 0. The van der Waals surface area contributed by atoms with Gasteiger partial charge in [0.15, 0.2) is 0 Å². The van der Waals surface area contributed by atoms with E-state index in [4.69, 9.17) is 16.7 Å². The lowest BCUT2D eigenvalue weighted by atomic mass is 9.95. The first-order valence-corrected chi connectivity index (χ1v) is 11.5. The number of anilines is 2. The summed E-state index contributed by atoms with van der Waals surface area (Å²) in [6, 6.07) is 14.8. The number of aryl methyl sites for hydroxylation is 1. The van der Waals surface area contributed by atoms with Gasteiger partial charge in [0, 0.05) is 22.2 Å². The van der Waals surface area contributed by atoms with E-state index in [2.05, 4.69) is 22.5 Å². The van der Waals surface area contributed by atoms with Crippen molar-refractivity contribution in [3.05, 3.63) is 76.0 Å². The van der Waals surface area contributed by atoms with E-state index in [1.165, 1.54) is 0 Å². The molecule has 3 aromatic rings. The third kappa shape index (κ3) is 4.62. The van der Waals surface area contributed by atoms with Gasteiger partial charge in [-0.25, -0.2) is 4.68 Å². The maximum Gasteiger partial charge on any atom is 0.255 e. The molecule has 4 rings (SSSR count). The average molecular weight is 454 g/mol. The van der Waals surface area contributed by atoms with Crippen LogP contribution in [0.25, 0.3) is 0 Å². The molecule has 0 saturated heterocycles. The highest BCUT2D eigenvalue weighted by atomic mass is 35.5. The quantitative estimate of drug-likeness (QED) is 0.470. The van der Waals surface area contributed by atoms with E-state index in [0.29, 0.717) is 21.7 Å². The maximum atomic E-state index is 13.4. The number of nitrogens with zero attached hydrogens (tertiary/aromatic N) is 3. The van der Waals surface area contributed by atoms with E-state index in [9.17, 15) is 4.79 Å². The number of aromatic nitrogens is 3. The van der Waals surface area contributed by atoms with E-state index >= 15 is 0 Å². The van der Waals surface area contributed by atoms with Gasteiger partial charge in [-0.15, -0.1) is 5.10 Å². The third-order valence-electron chi connectivity index (χ3n) is 5.01. The lowest BCUT2D eigenvalue weighted by Gasteiger charge is -2.28. The molecule has 31 heavy (non-hydrogen) atoms. The second-order valence-electron chi connectivity index (χ2n) is 7.45. The minimum absolute atomic E-state index is 0.183. The molecule has 1 amide bonds. The number of hydrogen-bond acceptors (Lipinski definition) is 5. The molecule has 2 N–H and O–H groups in total. The minimum atomic E-state index is -0.414. The molecule has 1 unspecified atom stereocenters. The molecule has 2 aromatic carbocycles. The molecular formula is C23H24ClN5OS. The van der Waals surface area contributed by atoms with Crippen LogP contribution in [0, 0.1) is 6.92 Å². The summed E-state index contributed by atoms with van der Waals surface area (Å²) in [5.74, 6) is 1.38. The van der Waals surface area contributed by atoms with Crippen molar-refractivity contribution in [3.8, 4) is 0 Å². The largest absolute Gasteiger partial charge is 0.328 e. The normalized spacial score (nSPS) is 15.4. The van der Waals surface area contributed by atoms with E-state index in [1.54, 1.807) is 16.4 Å². The fourth-order valence-electron chi connectivity index (χ4n) is 3.47. The zero-order valence-electron chi connectivity index (χ0n) is 17.6. The number of carbonyl (C=O) groups is 1. The van der Waals surface area contributed by atoms with E-state index < -0.39 is 6.04 Å². The first-order valence-electron chi connectivity index (χ1n) is 10.2. The van der Waals surface area contributed by atoms with Gasteiger partial charge >= 0.3 is 0 Å². The highest BCUT2D eigenvalue weighted by Gasteiger charge is 2.34. The molecular weight excluding hydrogens is 430 g/mol. The highest BCUT2D eigenvalue weighted by molar-refractivity contribution is 7.99. The number of benzene rings is 2. The summed E-state index contributed by atoms with van der Waals surface area (Å²) in [5, 5.41) is 12.3. The van der Waals surface area contributed by atoms with Crippen LogP contribution in [0.1, 0.15) is 37.4 Å². The van der Waals surface area contributed by atoms with Crippen LogP contribution in [0.2, 0.25) is 5.02 Å². The number of allylic oxidation sites excluding steroid dienone is 1. The predicted octanol–water partition coefficient (Wildman–Crippen LogP) is 5.67. The summed E-state index contributed by atoms with van der Waals surface area (Å²) in [6.45, 7) is 6.03. The Bertz CT molecular complexity index is 1120. The molecule has 1 aliphatic rings. The second-order valence-corrected chi connectivity index (χ2v) is 8.95. The zero-order chi connectivity index (χ0) is 22.0. The van der Waals surface area contributed by atoms with Crippen LogP contribution in [0.5, 0.6) is 0 Å². The Kier molecular flexibility index (Phi) is 6.34. The van der Waals surface area contributed by atoms with Gasteiger partial charge in [-0.2, -0.15) is 4.98 Å². The summed E-state index contributed by atoms with van der Waals surface area (Å²) in [6.07, 6.45) is 1.03. The van der Waals surface area contributed by atoms with Crippen LogP contribution in [-0.2, 0) is 4.79 Å². The number of carbonyl (C=O) groups excluding carboxylic acids is 1. The first-order chi connectivity index (χ1) is 15.0. The topological polar surface area (TPSA) is 71.8 Å². The molecule has 1 atom stereocenters. The Morgan fingerprint density at radius 3 is 2.55 bits per heavy atom. The van der Waals surface area contributed by atoms with Gasteiger partial charge in [0.05, 0.1) is 5.57 Å². The monoisotopic (exact) mass is 453 g/mol. The predicted molar refractivity (Wildman–Crippen MR) is 127 cm³/mol. The van der Waals surface area contributed by atoms with E-state index in [0.717, 1.165) is 34.7 Å². The van der Waals surface area contributed by atoms with Crippen LogP contribution in [0.15, 0.2) is 65.0 Å². The molecule has 0 aliphatic carbocycles. The standard InChI is InChI=1S/C23H24ClN5OS/c1-4-13-31-23-27-22-25-15(3)19(21(30)26-18-11-5-14(2)6-12-18)20(29(22)28-23)16-7-9-17(24)10-8-16/h5-12,20H,4,13H2,1-3H3,(H,26,30)(H,25,27,28). The minimum Gasteiger partial charge on any atom is -0.328 e. The molecule has 0 saturated carbocycles. The van der Waals surface area contributed by atoms with Crippen molar-refractivity contribution in [2.75, 3.05) is 16.4 Å². The van der Waals surface area contributed by atoms with Crippen LogP contribution in [0.3, 0.4) is 0 Å². The van der Waals surface area contributed by atoms with Gasteiger partial charge in [-0.05, 0) is 50.1 Å². The molecule has 6 nitrogen and oxygen atoms in total. The van der Waals surface area contributed by atoms with Crippen LogP contribution < -0.4 is 10.6 Å². The number of rotatable bonds is 6. The fraction of sp³-hybridized carbons (Fsp3) is 0.261. The van der Waals surface area contributed by atoms with Crippen LogP contribution in [0.4, 0.5) is 11.6 Å². The summed E-state index contributed by atoms with van der Waals surface area (Å²) < 4.78 is 1.79. The first kappa shape index (κ1) is 21.5. The Hall–Kier alpha value is -2.77. The number of fused-ring (bicyclic) bond motifs is 1. The molecule has 1 aromatic heterocycles. The van der Waals surface area contributed by atoms with Gasteiger partial charge in [-0.3, -0.25) is 4.79 Å². The number of amides is 1. The van der Waals surface area contributed by atoms with Crippen molar-refractivity contribution < 1.29 is 4.79 Å². The van der Waals surface area contributed by atoms with Crippen molar-refractivity contribution in [2.45, 2.75) is 38.4 Å². The Morgan fingerprint density at radius 1 is 1.16 bits per heavy atom. The van der Waals surface area contributed by atoms with Crippen LogP contribution in [-0.4, -0.2) is 26.4 Å². The number of nitrogens with one attached hydrogen (secondary N) is 2. The number of hydrogen-bond donors (Lipinski definition) is 2. The smallest absolute Gasteiger partial charge is 0.255 e. The molecule has 0 bridgehead atoms.